The molecule has 240 valence electrons. The number of Topliss-reactive ketones (excluding diaryl/α,β-unsaturated/α-hetero) is 1. The molecule has 1 N–H and O–H groups in total. The number of carbonyl (C=O) groups excluding carboxylic acids is 4. The van der Waals surface area contributed by atoms with Crippen LogP contribution in [0.1, 0.15) is 30.0 Å². The number of phenolic OH excluding ortho intramolecular Hbond substituents is 1. The van der Waals surface area contributed by atoms with E-state index in [-0.39, 0.29) is 49.5 Å². The minimum Gasteiger partial charge on any atom is -0.503 e. The van der Waals surface area contributed by atoms with Crippen molar-refractivity contribution in [2.75, 3.05) is 19.2 Å². The number of hydrazine groups is 1. The summed E-state index contributed by atoms with van der Waals surface area (Å²) in [5.41, 5.74) is 0.168. The zero-order valence-electron chi connectivity index (χ0n) is 23.6. The molecule has 6 rings (SSSR count). The lowest BCUT2D eigenvalue weighted by atomic mass is 9.59. The second-order valence-electron chi connectivity index (χ2n) is 11.0. The van der Waals surface area contributed by atoms with Crippen LogP contribution in [0.4, 0.5) is 19.0 Å². The Labute approximate surface area is 289 Å². The van der Waals surface area contributed by atoms with Gasteiger partial charge >= 0.3 is 6.18 Å². The van der Waals surface area contributed by atoms with Crippen molar-refractivity contribution in [3.8, 4) is 11.5 Å². The number of phenols is 1. The first kappa shape index (κ1) is 32.9. The zero-order valence-corrected chi connectivity index (χ0v) is 29.1. The van der Waals surface area contributed by atoms with Gasteiger partial charge in [-0.2, -0.15) is 18.2 Å². The summed E-state index contributed by atoms with van der Waals surface area (Å²) in [6, 6.07) is 3.21. The van der Waals surface area contributed by atoms with Crippen molar-refractivity contribution in [1.29, 1.82) is 0 Å². The number of aromatic hydroxyl groups is 1. The van der Waals surface area contributed by atoms with Gasteiger partial charge < -0.3 is 9.84 Å². The third-order valence-electron chi connectivity index (χ3n) is 8.74. The SMILES string of the molecule is COc1cc([C@H]2C3=CC[C@@H]4C(=O)N(N(C)c5nc(C(F)(F)F)ccc5Cl)C(=O)[C@@H]4[C@@H]3CC3=C2C(=O)C=C(Br)C3=O)c(Br)c(Br)c1O. The number of halogens is 7. The molecule has 0 spiro atoms. The molecule has 0 radical (unpaired) electrons. The lowest BCUT2D eigenvalue weighted by Gasteiger charge is -2.42. The molecule has 0 unspecified atom stereocenters. The number of hydrogen-bond acceptors (Lipinski definition) is 8. The molecule has 0 bridgehead atoms. The Bertz CT molecular complexity index is 1880. The highest BCUT2D eigenvalue weighted by Gasteiger charge is 2.58. The highest BCUT2D eigenvalue weighted by Crippen LogP contribution is 2.58. The quantitative estimate of drug-likeness (QED) is 0.203. The topological polar surface area (TPSA) is 117 Å². The number of fused-ring (bicyclic) bond motifs is 3. The van der Waals surface area contributed by atoms with Crippen molar-refractivity contribution >= 4 is 88.6 Å². The Balaban J connectivity index is 1.47. The molecule has 2 heterocycles. The largest absolute Gasteiger partial charge is 0.503 e. The Kier molecular flexibility index (Phi) is 8.30. The minimum atomic E-state index is -4.80. The van der Waals surface area contributed by atoms with E-state index in [2.05, 4.69) is 52.8 Å². The molecule has 1 aromatic carbocycles. The average Bonchev–Trinajstić information content (AvgIpc) is 3.26. The monoisotopic (exact) mass is 847 g/mol. The van der Waals surface area contributed by atoms with E-state index >= 15 is 0 Å². The number of anilines is 1. The fraction of sp³-hybridized carbons (Fsp3) is 0.300. The molecule has 2 aromatic rings. The van der Waals surface area contributed by atoms with Crippen LogP contribution in [0.15, 0.2) is 60.5 Å². The third kappa shape index (κ3) is 4.96. The molecule has 1 aliphatic heterocycles. The molecule has 3 aliphatic carbocycles. The first-order valence-electron chi connectivity index (χ1n) is 13.6. The summed E-state index contributed by atoms with van der Waals surface area (Å²) in [5.74, 6) is -6.37. The van der Waals surface area contributed by atoms with Crippen LogP contribution < -0.4 is 9.75 Å². The fourth-order valence-electron chi connectivity index (χ4n) is 6.73. The van der Waals surface area contributed by atoms with Crippen molar-refractivity contribution in [2.24, 2.45) is 17.8 Å². The summed E-state index contributed by atoms with van der Waals surface area (Å²) >= 11 is 16.2. The van der Waals surface area contributed by atoms with Crippen LogP contribution in [0.25, 0.3) is 0 Å². The number of ether oxygens (including phenoxy) is 1. The molecule has 1 fully saturated rings. The molecular formula is C30H20Br3ClF3N3O6. The molecule has 0 saturated carbocycles. The van der Waals surface area contributed by atoms with Crippen molar-refractivity contribution in [3.05, 3.63) is 76.8 Å². The van der Waals surface area contributed by atoms with E-state index in [0.29, 0.717) is 21.7 Å². The molecule has 1 saturated heterocycles. The number of benzene rings is 1. The standard InChI is InChI=1S/C30H20Br3ClF3N3O6/c1-39(27-16(34)5-6-19(38-27)30(35,36)37)40-28(44)11-4-3-10-12(21(11)29(40)45)7-14-22(17(41)9-15(31)25(14)42)20(10)13-8-18(46-2)26(43)24(33)23(13)32/h3,5-6,8-9,11-12,20-21,43H,4,7H2,1-2H3/t11-,12+,20+,21-/m0/s1. The summed E-state index contributed by atoms with van der Waals surface area (Å²) in [7, 11) is 2.58. The van der Waals surface area contributed by atoms with Gasteiger partial charge in [-0.1, -0.05) is 23.3 Å². The van der Waals surface area contributed by atoms with Crippen LogP contribution in [0.2, 0.25) is 5.02 Å². The van der Waals surface area contributed by atoms with Crippen LogP contribution in [-0.2, 0) is 25.4 Å². The number of amides is 2. The number of methoxy groups -OCH3 is 1. The van der Waals surface area contributed by atoms with E-state index in [0.717, 1.165) is 16.1 Å². The van der Waals surface area contributed by atoms with E-state index < -0.39 is 64.7 Å². The Morgan fingerprint density at radius 2 is 1.78 bits per heavy atom. The average molecular weight is 851 g/mol. The number of aromatic nitrogens is 1. The smallest absolute Gasteiger partial charge is 0.433 e. The number of alkyl halides is 3. The van der Waals surface area contributed by atoms with E-state index in [9.17, 15) is 37.5 Å². The Morgan fingerprint density at radius 1 is 1.09 bits per heavy atom. The number of pyridine rings is 1. The van der Waals surface area contributed by atoms with Gasteiger partial charge in [-0.3, -0.25) is 24.2 Å². The number of carbonyl (C=O) groups is 4. The van der Waals surface area contributed by atoms with Gasteiger partial charge in [0.1, 0.15) is 5.69 Å². The second-order valence-corrected chi connectivity index (χ2v) is 13.9. The van der Waals surface area contributed by atoms with Gasteiger partial charge in [0.2, 0.25) is 0 Å². The van der Waals surface area contributed by atoms with E-state index in [4.69, 9.17) is 16.3 Å². The van der Waals surface area contributed by atoms with Gasteiger partial charge in [-0.25, -0.2) is 4.98 Å². The molecule has 9 nitrogen and oxygen atoms in total. The molecule has 1 aromatic heterocycles. The van der Waals surface area contributed by atoms with Gasteiger partial charge in [0.05, 0.1) is 32.9 Å². The van der Waals surface area contributed by atoms with Crippen molar-refractivity contribution < 1.29 is 42.2 Å². The Morgan fingerprint density at radius 3 is 2.43 bits per heavy atom. The lowest BCUT2D eigenvalue weighted by molar-refractivity contribution is -0.141. The molecule has 4 atom stereocenters. The summed E-state index contributed by atoms with van der Waals surface area (Å²) in [5, 5.41) is 12.1. The van der Waals surface area contributed by atoms with Crippen molar-refractivity contribution in [2.45, 2.75) is 24.9 Å². The van der Waals surface area contributed by atoms with Gasteiger partial charge in [0, 0.05) is 34.7 Å². The van der Waals surface area contributed by atoms with E-state index in [1.165, 1.54) is 26.3 Å². The maximum Gasteiger partial charge on any atom is 0.433 e. The molecular weight excluding hydrogens is 831 g/mol. The van der Waals surface area contributed by atoms with E-state index in [1.807, 2.05) is 0 Å². The zero-order chi connectivity index (χ0) is 33.6. The van der Waals surface area contributed by atoms with Gasteiger partial charge in [-0.05, 0) is 90.3 Å². The fourth-order valence-corrected chi connectivity index (χ4v) is 8.36. The normalized spacial score (nSPS) is 24.4. The number of allylic oxidation sites excluding steroid dienone is 6. The van der Waals surface area contributed by atoms with Crippen LogP contribution >= 0.6 is 59.4 Å². The summed E-state index contributed by atoms with van der Waals surface area (Å²) in [6.45, 7) is 0. The van der Waals surface area contributed by atoms with Crippen LogP contribution in [0.3, 0.4) is 0 Å². The first-order valence-corrected chi connectivity index (χ1v) is 16.3. The predicted octanol–water partition coefficient (Wildman–Crippen LogP) is 6.81. The van der Waals surface area contributed by atoms with Crippen LogP contribution in [0, 0.1) is 17.8 Å². The van der Waals surface area contributed by atoms with Crippen LogP contribution in [-0.4, -0.2) is 52.6 Å². The molecule has 4 aliphatic rings. The lowest BCUT2D eigenvalue weighted by Crippen LogP contribution is -2.46. The predicted molar refractivity (Wildman–Crippen MR) is 169 cm³/mol. The number of nitrogens with zero attached hydrogens (tertiary/aromatic N) is 3. The number of imide groups is 1. The number of ketones is 2. The minimum absolute atomic E-state index is 0.0405. The molecule has 16 heteroatoms. The van der Waals surface area contributed by atoms with Crippen molar-refractivity contribution in [3.63, 3.8) is 0 Å². The van der Waals surface area contributed by atoms with E-state index in [1.54, 1.807) is 6.08 Å². The summed E-state index contributed by atoms with van der Waals surface area (Å²) < 4.78 is 46.4. The highest BCUT2D eigenvalue weighted by molar-refractivity contribution is 9.13. The highest BCUT2D eigenvalue weighted by atomic mass is 79.9. The van der Waals surface area contributed by atoms with Gasteiger partial charge in [0.25, 0.3) is 11.8 Å². The summed E-state index contributed by atoms with van der Waals surface area (Å²) in [4.78, 5) is 58.6. The number of hydrogen-bond donors (Lipinski definition) is 1. The Hall–Kier alpha value is -3.01. The van der Waals surface area contributed by atoms with Gasteiger partial charge in [0.15, 0.2) is 28.9 Å². The number of rotatable bonds is 4. The molecule has 46 heavy (non-hydrogen) atoms. The molecule has 2 amide bonds. The van der Waals surface area contributed by atoms with Crippen LogP contribution in [0.5, 0.6) is 11.5 Å². The maximum atomic E-state index is 14.2. The van der Waals surface area contributed by atoms with Crippen molar-refractivity contribution in [1.82, 2.24) is 9.99 Å². The summed E-state index contributed by atoms with van der Waals surface area (Å²) in [6.07, 6.45) is -1.81. The van der Waals surface area contributed by atoms with Gasteiger partial charge in [-0.15, -0.1) is 0 Å². The second kappa shape index (κ2) is 11.6. The third-order valence-corrected chi connectivity index (χ3v) is 11.8. The first-order chi connectivity index (χ1) is 21.6. The maximum absolute atomic E-state index is 14.2.